The maximum Gasteiger partial charge on any atom is 0.294 e. The standard InChI is InChI=1S/C11H14ClN3O2/c1-13-8-5-6-14(7-8)11-9(12)3-2-4-10(11)15(16)17/h2-4,8,13H,5-7H2,1H3. The highest BCUT2D eigenvalue weighted by Gasteiger charge is 2.28. The lowest BCUT2D eigenvalue weighted by Crippen LogP contribution is -2.29. The van der Waals surface area contributed by atoms with Crippen molar-refractivity contribution in [2.45, 2.75) is 12.5 Å². The van der Waals surface area contributed by atoms with E-state index in [-0.39, 0.29) is 10.6 Å². The second-order valence-corrected chi connectivity index (χ2v) is 4.49. The van der Waals surface area contributed by atoms with Crippen LogP contribution in [-0.2, 0) is 0 Å². The van der Waals surface area contributed by atoms with E-state index in [4.69, 9.17) is 11.6 Å². The Bertz CT molecular complexity index is 439. The maximum absolute atomic E-state index is 11.0. The average molecular weight is 256 g/mol. The van der Waals surface area contributed by atoms with Gasteiger partial charge in [-0.15, -0.1) is 0 Å². The van der Waals surface area contributed by atoms with Gasteiger partial charge >= 0.3 is 0 Å². The number of nitrogens with zero attached hydrogens (tertiary/aromatic N) is 2. The molecule has 1 fully saturated rings. The topological polar surface area (TPSA) is 58.4 Å². The van der Waals surface area contributed by atoms with Gasteiger partial charge in [-0.2, -0.15) is 0 Å². The number of nitrogens with one attached hydrogen (secondary N) is 1. The molecule has 0 bridgehead atoms. The van der Waals surface area contributed by atoms with E-state index in [2.05, 4.69) is 5.32 Å². The van der Waals surface area contributed by atoms with Gasteiger partial charge in [-0.1, -0.05) is 17.7 Å². The van der Waals surface area contributed by atoms with Crippen molar-refractivity contribution >= 4 is 23.0 Å². The molecule has 1 saturated heterocycles. The van der Waals surface area contributed by atoms with Gasteiger partial charge in [0.05, 0.1) is 9.95 Å². The lowest BCUT2D eigenvalue weighted by atomic mass is 10.2. The number of para-hydroxylation sites is 1. The lowest BCUT2D eigenvalue weighted by Gasteiger charge is -2.19. The predicted octanol–water partition coefficient (Wildman–Crippen LogP) is 2.05. The normalized spacial score (nSPS) is 19.6. The molecule has 1 aromatic rings. The molecule has 1 aliphatic rings. The van der Waals surface area contributed by atoms with Crippen LogP contribution in [0.3, 0.4) is 0 Å². The van der Waals surface area contributed by atoms with Crippen molar-refractivity contribution in [3.05, 3.63) is 33.3 Å². The molecule has 1 N–H and O–H groups in total. The van der Waals surface area contributed by atoms with Crippen molar-refractivity contribution in [1.29, 1.82) is 0 Å². The number of hydrogen-bond donors (Lipinski definition) is 1. The third kappa shape index (κ3) is 2.35. The average Bonchev–Trinajstić information content (AvgIpc) is 2.76. The Labute approximate surface area is 105 Å². The summed E-state index contributed by atoms with van der Waals surface area (Å²) in [4.78, 5) is 12.6. The molecule has 2 rings (SSSR count). The SMILES string of the molecule is CNC1CCN(c2c(Cl)cccc2[N+](=O)[O-])C1. The van der Waals surface area contributed by atoms with Crippen LogP contribution in [0, 0.1) is 10.1 Å². The smallest absolute Gasteiger partial charge is 0.294 e. The van der Waals surface area contributed by atoms with Gasteiger partial charge in [-0.3, -0.25) is 10.1 Å². The van der Waals surface area contributed by atoms with E-state index < -0.39 is 0 Å². The summed E-state index contributed by atoms with van der Waals surface area (Å²) in [5, 5.41) is 14.6. The van der Waals surface area contributed by atoms with Gasteiger partial charge in [-0.05, 0) is 19.5 Å². The number of anilines is 1. The number of likely N-dealkylation sites (N-methyl/N-ethyl adjacent to an activating group) is 1. The quantitative estimate of drug-likeness (QED) is 0.663. The minimum atomic E-state index is -0.381. The van der Waals surface area contributed by atoms with Crippen molar-refractivity contribution in [3.8, 4) is 0 Å². The summed E-state index contributed by atoms with van der Waals surface area (Å²) in [6.45, 7) is 1.54. The summed E-state index contributed by atoms with van der Waals surface area (Å²) in [6, 6.07) is 5.16. The summed E-state index contributed by atoms with van der Waals surface area (Å²) < 4.78 is 0. The van der Waals surface area contributed by atoms with Crippen LogP contribution >= 0.6 is 11.6 Å². The van der Waals surface area contributed by atoms with E-state index in [0.29, 0.717) is 16.8 Å². The number of nitro groups is 1. The fourth-order valence-electron chi connectivity index (χ4n) is 2.16. The summed E-state index contributed by atoms with van der Waals surface area (Å²) in [6.07, 6.45) is 0.971. The molecule has 1 atom stereocenters. The van der Waals surface area contributed by atoms with Gasteiger partial charge < -0.3 is 10.2 Å². The van der Waals surface area contributed by atoms with Gasteiger partial charge in [0.1, 0.15) is 5.69 Å². The molecule has 1 aromatic carbocycles. The first-order valence-electron chi connectivity index (χ1n) is 5.48. The van der Waals surface area contributed by atoms with Crippen molar-refractivity contribution in [3.63, 3.8) is 0 Å². The van der Waals surface area contributed by atoms with Crippen LogP contribution < -0.4 is 10.2 Å². The highest BCUT2D eigenvalue weighted by molar-refractivity contribution is 6.33. The fraction of sp³-hybridized carbons (Fsp3) is 0.455. The molecule has 1 aliphatic heterocycles. The van der Waals surface area contributed by atoms with Crippen molar-refractivity contribution in [1.82, 2.24) is 5.32 Å². The Morgan fingerprint density at radius 2 is 2.35 bits per heavy atom. The van der Waals surface area contributed by atoms with Gasteiger partial charge in [0, 0.05) is 25.2 Å². The molecule has 0 radical (unpaired) electrons. The monoisotopic (exact) mass is 255 g/mol. The van der Waals surface area contributed by atoms with Gasteiger partial charge in [0.2, 0.25) is 0 Å². The number of rotatable bonds is 3. The van der Waals surface area contributed by atoms with Crippen LogP contribution in [0.5, 0.6) is 0 Å². The third-order valence-corrected chi connectivity index (χ3v) is 3.38. The highest BCUT2D eigenvalue weighted by atomic mass is 35.5. The first-order chi connectivity index (χ1) is 8.13. The molecule has 5 nitrogen and oxygen atoms in total. The molecule has 0 spiro atoms. The molecule has 6 heteroatoms. The van der Waals surface area contributed by atoms with Crippen molar-refractivity contribution in [2.24, 2.45) is 0 Å². The molecule has 92 valence electrons. The van der Waals surface area contributed by atoms with Gasteiger partial charge in [0.15, 0.2) is 0 Å². The Kier molecular flexibility index (Phi) is 3.49. The molecule has 0 aromatic heterocycles. The van der Waals surface area contributed by atoms with Crippen LogP contribution in [0.4, 0.5) is 11.4 Å². The number of halogens is 1. The molecular weight excluding hydrogens is 242 g/mol. The van der Waals surface area contributed by atoms with E-state index in [1.165, 1.54) is 6.07 Å². The first kappa shape index (κ1) is 12.1. The zero-order valence-corrected chi connectivity index (χ0v) is 10.3. The minimum Gasteiger partial charge on any atom is -0.363 e. The summed E-state index contributed by atoms with van der Waals surface area (Å²) >= 11 is 6.08. The molecule has 0 amide bonds. The van der Waals surface area contributed by atoms with Gasteiger partial charge in [0.25, 0.3) is 5.69 Å². The van der Waals surface area contributed by atoms with E-state index >= 15 is 0 Å². The van der Waals surface area contributed by atoms with Crippen LogP contribution in [0.2, 0.25) is 5.02 Å². The fourth-order valence-corrected chi connectivity index (χ4v) is 2.45. The number of hydrogen-bond acceptors (Lipinski definition) is 4. The van der Waals surface area contributed by atoms with Gasteiger partial charge in [-0.25, -0.2) is 0 Å². The largest absolute Gasteiger partial charge is 0.363 e. The molecule has 17 heavy (non-hydrogen) atoms. The Morgan fingerprint density at radius 3 is 2.94 bits per heavy atom. The number of nitro benzene ring substituents is 1. The van der Waals surface area contributed by atoms with E-state index in [9.17, 15) is 10.1 Å². The van der Waals surface area contributed by atoms with Crippen molar-refractivity contribution in [2.75, 3.05) is 25.0 Å². The zero-order valence-electron chi connectivity index (χ0n) is 9.52. The minimum absolute atomic E-state index is 0.0780. The zero-order chi connectivity index (χ0) is 12.4. The van der Waals surface area contributed by atoms with E-state index in [1.807, 2.05) is 11.9 Å². The van der Waals surface area contributed by atoms with Crippen LogP contribution in [0.15, 0.2) is 18.2 Å². The number of benzene rings is 1. The second-order valence-electron chi connectivity index (χ2n) is 4.08. The molecule has 1 heterocycles. The molecular formula is C11H14ClN3O2. The second kappa shape index (κ2) is 4.89. The summed E-state index contributed by atoms with van der Waals surface area (Å²) in [7, 11) is 1.90. The molecule has 0 aliphatic carbocycles. The maximum atomic E-state index is 11.0. The lowest BCUT2D eigenvalue weighted by molar-refractivity contribution is -0.384. The third-order valence-electron chi connectivity index (χ3n) is 3.07. The van der Waals surface area contributed by atoms with E-state index in [1.54, 1.807) is 12.1 Å². The summed E-state index contributed by atoms with van der Waals surface area (Å²) in [5.74, 6) is 0. The molecule has 0 saturated carbocycles. The van der Waals surface area contributed by atoms with Crippen LogP contribution in [0.1, 0.15) is 6.42 Å². The van der Waals surface area contributed by atoms with Crippen LogP contribution in [0.25, 0.3) is 0 Å². The Morgan fingerprint density at radius 1 is 1.59 bits per heavy atom. The van der Waals surface area contributed by atoms with Crippen molar-refractivity contribution < 1.29 is 4.92 Å². The predicted molar refractivity (Wildman–Crippen MR) is 67.8 cm³/mol. The Balaban J connectivity index is 2.34. The molecule has 1 unspecified atom stereocenters. The van der Waals surface area contributed by atoms with E-state index in [0.717, 1.165) is 19.5 Å². The highest BCUT2D eigenvalue weighted by Crippen LogP contribution is 2.36. The van der Waals surface area contributed by atoms with Crippen LogP contribution in [-0.4, -0.2) is 31.1 Å². The summed E-state index contributed by atoms with van der Waals surface area (Å²) in [5.41, 5.74) is 0.617. The first-order valence-corrected chi connectivity index (χ1v) is 5.86. The Hall–Kier alpha value is -1.33.